The van der Waals surface area contributed by atoms with E-state index in [1.165, 1.54) is 13.3 Å². The number of amides is 1. The zero-order valence-corrected chi connectivity index (χ0v) is 14.6. The average Bonchev–Trinajstić information content (AvgIpc) is 2.61. The van der Waals surface area contributed by atoms with Gasteiger partial charge in [-0.1, -0.05) is 0 Å². The molecule has 0 aromatic carbocycles. The molecular formula is C17H24N4O4. The van der Waals surface area contributed by atoms with Gasteiger partial charge in [0.2, 0.25) is 5.91 Å². The fraction of sp³-hybridized carbons (Fsp3) is 0.647. The SMILES string of the molecule is COC(=O)c1cnc(N2CCC3(CC2)CC(O)CN(C(C)=O)C3)cn1. The summed E-state index contributed by atoms with van der Waals surface area (Å²) in [7, 11) is 1.31. The van der Waals surface area contributed by atoms with E-state index in [1.807, 2.05) is 0 Å². The minimum Gasteiger partial charge on any atom is -0.464 e. The minimum atomic E-state index is -0.503. The Hall–Kier alpha value is -2.22. The maximum absolute atomic E-state index is 11.7. The number of carbonyl (C=O) groups is 2. The molecule has 1 unspecified atom stereocenters. The maximum atomic E-state index is 11.7. The monoisotopic (exact) mass is 348 g/mol. The minimum absolute atomic E-state index is 0.0184. The van der Waals surface area contributed by atoms with Crippen LogP contribution in [0, 0.1) is 5.41 Å². The van der Waals surface area contributed by atoms with E-state index >= 15 is 0 Å². The fourth-order valence-corrected chi connectivity index (χ4v) is 3.86. The lowest BCUT2D eigenvalue weighted by molar-refractivity contribution is -0.137. The molecule has 2 aliphatic rings. The summed E-state index contributed by atoms with van der Waals surface area (Å²) in [4.78, 5) is 35.4. The number of rotatable bonds is 2. The Morgan fingerprint density at radius 1 is 1.28 bits per heavy atom. The lowest BCUT2D eigenvalue weighted by atomic mass is 9.71. The Bertz CT molecular complexity index is 641. The van der Waals surface area contributed by atoms with Gasteiger partial charge in [0.1, 0.15) is 5.82 Å². The van der Waals surface area contributed by atoms with Crippen LogP contribution in [0.15, 0.2) is 12.4 Å². The summed E-state index contributed by atoms with van der Waals surface area (Å²) in [5.41, 5.74) is 0.159. The van der Waals surface area contributed by atoms with E-state index in [-0.39, 0.29) is 17.0 Å². The number of likely N-dealkylation sites (tertiary alicyclic amines) is 1. The summed E-state index contributed by atoms with van der Waals surface area (Å²) in [6.07, 6.45) is 5.05. The molecule has 3 heterocycles. The van der Waals surface area contributed by atoms with Gasteiger partial charge in [0.25, 0.3) is 0 Å². The van der Waals surface area contributed by atoms with Gasteiger partial charge in [-0.2, -0.15) is 0 Å². The first kappa shape index (κ1) is 17.6. The van der Waals surface area contributed by atoms with E-state index in [4.69, 9.17) is 0 Å². The molecule has 0 aliphatic carbocycles. The molecule has 0 saturated carbocycles. The molecule has 0 bridgehead atoms. The highest BCUT2D eigenvalue weighted by molar-refractivity contribution is 5.86. The Kier molecular flexibility index (Phi) is 4.89. The summed E-state index contributed by atoms with van der Waals surface area (Å²) >= 11 is 0. The predicted octanol–water partition coefficient (Wildman–Crippen LogP) is 0.463. The topological polar surface area (TPSA) is 95.9 Å². The highest BCUT2D eigenvalue weighted by Gasteiger charge is 2.42. The number of piperidine rings is 2. The number of hydrogen-bond acceptors (Lipinski definition) is 7. The Balaban J connectivity index is 1.65. The van der Waals surface area contributed by atoms with Gasteiger partial charge in [-0.15, -0.1) is 0 Å². The molecular weight excluding hydrogens is 324 g/mol. The number of anilines is 1. The molecule has 1 N–H and O–H groups in total. The second kappa shape index (κ2) is 6.95. The van der Waals surface area contributed by atoms with Gasteiger partial charge in [0.05, 0.1) is 25.6 Å². The third-order valence-electron chi connectivity index (χ3n) is 5.25. The van der Waals surface area contributed by atoms with Gasteiger partial charge < -0.3 is 19.6 Å². The van der Waals surface area contributed by atoms with Crippen LogP contribution in [-0.4, -0.2) is 71.2 Å². The van der Waals surface area contributed by atoms with Crippen molar-refractivity contribution in [1.82, 2.24) is 14.9 Å². The molecule has 2 fully saturated rings. The Morgan fingerprint density at radius 2 is 2.00 bits per heavy atom. The van der Waals surface area contributed by atoms with E-state index in [0.29, 0.717) is 13.1 Å². The molecule has 1 spiro atoms. The molecule has 1 aromatic rings. The fourth-order valence-electron chi connectivity index (χ4n) is 3.86. The predicted molar refractivity (Wildman–Crippen MR) is 90.1 cm³/mol. The molecule has 3 rings (SSSR count). The number of aliphatic hydroxyl groups is 1. The molecule has 1 atom stereocenters. The summed E-state index contributed by atoms with van der Waals surface area (Å²) in [6, 6.07) is 0. The van der Waals surface area contributed by atoms with Gasteiger partial charge in [-0.3, -0.25) is 4.79 Å². The molecule has 1 aromatic heterocycles. The van der Waals surface area contributed by atoms with E-state index in [2.05, 4.69) is 19.6 Å². The van der Waals surface area contributed by atoms with E-state index in [0.717, 1.165) is 38.2 Å². The van der Waals surface area contributed by atoms with Crippen LogP contribution in [0.4, 0.5) is 5.82 Å². The van der Waals surface area contributed by atoms with Crippen molar-refractivity contribution in [2.45, 2.75) is 32.3 Å². The molecule has 8 heteroatoms. The summed E-state index contributed by atoms with van der Waals surface area (Å²) < 4.78 is 4.63. The largest absolute Gasteiger partial charge is 0.464 e. The first-order valence-corrected chi connectivity index (χ1v) is 8.51. The van der Waals surface area contributed by atoms with Crippen LogP contribution in [0.25, 0.3) is 0 Å². The second-order valence-corrected chi connectivity index (χ2v) is 7.00. The number of nitrogens with zero attached hydrogens (tertiary/aromatic N) is 4. The summed E-state index contributed by atoms with van der Waals surface area (Å²) in [6.45, 7) is 4.26. The zero-order valence-electron chi connectivity index (χ0n) is 14.6. The third-order valence-corrected chi connectivity index (χ3v) is 5.25. The van der Waals surface area contributed by atoms with Crippen LogP contribution in [0.5, 0.6) is 0 Å². The van der Waals surface area contributed by atoms with Gasteiger partial charge >= 0.3 is 5.97 Å². The van der Waals surface area contributed by atoms with Crippen molar-refractivity contribution in [2.24, 2.45) is 5.41 Å². The van der Waals surface area contributed by atoms with Crippen LogP contribution in [0.2, 0.25) is 0 Å². The molecule has 2 aliphatic heterocycles. The third kappa shape index (κ3) is 3.73. The Morgan fingerprint density at radius 3 is 2.56 bits per heavy atom. The quantitative estimate of drug-likeness (QED) is 0.776. The van der Waals surface area contributed by atoms with Crippen LogP contribution >= 0.6 is 0 Å². The van der Waals surface area contributed by atoms with Crippen LogP contribution < -0.4 is 4.90 Å². The molecule has 0 radical (unpaired) electrons. The first-order valence-electron chi connectivity index (χ1n) is 8.51. The van der Waals surface area contributed by atoms with Crippen LogP contribution in [-0.2, 0) is 9.53 Å². The standard InChI is InChI=1S/C17H24N4O4/c1-12(22)21-10-13(23)7-17(11-21)3-5-20(6-4-17)15-9-18-14(8-19-15)16(24)25-2/h8-9,13,23H,3-7,10-11H2,1-2H3. The number of methoxy groups -OCH3 is 1. The lowest BCUT2D eigenvalue weighted by Crippen LogP contribution is -2.55. The number of esters is 1. The number of hydrogen-bond donors (Lipinski definition) is 1. The average molecular weight is 348 g/mol. The number of aromatic nitrogens is 2. The lowest BCUT2D eigenvalue weighted by Gasteiger charge is -2.49. The van der Waals surface area contributed by atoms with Crippen LogP contribution in [0.3, 0.4) is 0 Å². The highest BCUT2D eigenvalue weighted by atomic mass is 16.5. The molecule has 136 valence electrons. The highest BCUT2D eigenvalue weighted by Crippen LogP contribution is 2.40. The summed E-state index contributed by atoms with van der Waals surface area (Å²) in [5.74, 6) is 0.240. The van der Waals surface area contributed by atoms with E-state index in [9.17, 15) is 14.7 Å². The van der Waals surface area contributed by atoms with Crippen molar-refractivity contribution < 1.29 is 19.4 Å². The van der Waals surface area contributed by atoms with Crippen molar-refractivity contribution in [3.05, 3.63) is 18.1 Å². The van der Waals surface area contributed by atoms with E-state index < -0.39 is 12.1 Å². The molecule has 2 saturated heterocycles. The molecule has 8 nitrogen and oxygen atoms in total. The smallest absolute Gasteiger partial charge is 0.358 e. The second-order valence-electron chi connectivity index (χ2n) is 7.00. The zero-order chi connectivity index (χ0) is 18.0. The van der Waals surface area contributed by atoms with Crippen molar-refractivity contribution >= 4 is 17.7 Å². The number of aliphatic hydroxyl groups excluding tert-OH is 1. The van der Waals surface area contributed by atoms with Crippen LogP contribution in [0.1, 0.15) is 36.7 Å². The number of β-amino-alcohol motifs (C(OH)–C–C–N with tert-alkyl or cyclic N) is 1. The maximum Gasteiger partial charge on any atom is 0.358 e. The first-order chi connectivity index (χ1) is 11.9. The van der Waals surface area contributed by atoms with Crippen molar-refractivity contribution in [3.63, 3.8) is 0 Å². The number of carbonyl (C=O) groups excluding carboxylic acids is 2. The van der Waals surface area contributed by atoms with Gasteiger partial charge in [-0.05, 0) is 24.7 Å². The van der Waals surface area contributed by atoms with Gasteiger partial charge in [0.15, 0.2) is 5.69 Å². The van der Waals surface area contributed by atoms with Gasteiger partial charge in [-0.25, -0.2) is 14.8 Å². The number of ether oxygens (including phenoxy) is 1. The molecule has 25 heavy (non-hydrogen) atoms. The summed E-state index contributed by atoms with van der Waals surface area (Å²) in [5, 5.41) is 10.2. The normalized spacial score (nSPS) is 22.8. The molecule has 1 amide bonds. The van der Waals surface area contributed by atoms with E-state index in [1.54, 1.807) is 18.0 Å². The Labute approximate surface area is 146 Å². The van der Waals surface area contributed by atoms with Crippen molar-refractivity contribution in [1.29, 1.82) is 0 Å². The van der Waals surface area contributed by atoms with Crippen molar-refractivity contribution in [2.75, 3.05) is 38.2 Å². The van der Waals surface area contributed by atoms with Crippen molar-refractivity contribution in [3.8, 4) is 0 Å². The van der Waals surface area contributed by atoms with Gasteiger partial charge in [0, 0.05) is 33.1 Å².